The minimum Gasteiger partial charge on any atom is -0.316 e. The highest BCUT2D eigenvalue weighted by atomic mass is 14.9. The van der Waals surface area contributed by atoms with Gasteiger partial charge < -0.3 is 10.6 Å². The molecule has 0 amide bonds. The zero-order chi connectivity index (χ0) is 12.8. The molecule has 2 rings (SSSR count). The van der Waals surface area contributed by atoms with Crippen LogP contribution in [0.3, 0.4) is 0 Å². The summed E-state index contributed by atoms with van der Waals surface area (Å²) in [6.45, 7) is 7.83. The van der Waals surface area contributed by atoms with Crippen molar-refractivity contribution in [3.8, 4) is 0 Å². The van der Waals surface area contributed by atoms with E-state index in [2.05, 4.69) is 42.7 Å². The molecule has 100 valence electrons. The van der Waals surface area contributed by atoms with Crippen LogP contribution in [0.2, 0.25) is 0 Å². The average molecular weight is 246 g/mol. The molecule has 1 aliphatic heterocycles. The molecule has 1 atom stereocenters. The second-order valence-corrected chi connectivity index (χ2v) is 5.51. The SMILES string of the molecule is Cc1ccc(C)c(CCNCCC2CCCN2)c1. The lowest BCUT2D eigenvalue weighted by Crippen LogP contribution is -2.28. The summed E-state index contributed by atoms with van der Waals surface area (Å²) in [4.78, 5) is 0. The monoisotopic (exact) mass is 246 g/mol. The van der Waals surface area contributed by atoms with Crippen LogP contribution in [0.25, 0.3) is 0 Å². The topological polar surface area (TPSA) is 24.1 Å². The van der Waals surface area contributed by atoms with Gasteiger partial charge in [0.2, 0.25) is 0 Å². The first-order valence-electron chi connectivity index (χ1n) is 7.26. The van der Waals surface area contributed by atoms with Crippen molar-refractivity contribution in [2.75, 3.05) is 19.6 Å². The van der Waals surface area contributed by atoms with Crippen molar-refractivity contribution in [2.45, 2.75) is 45.6 Å². The van der Waals surface area contributed by atoms with Gasteiger partial charge in [0.1, 0.15) is 0 Å². The van der Waals surface area contributed by atoms with Crippen molar-refractivity contribution < 1.29 is 0 Å². The van der Waals surface area contributed by atoms with Gasteiger partial charge in [0, 0.05) is 6.04 Å². The molecule has 0 radical (unpaired) electrons. The molecule has 0 spiro atoms. The smallest absolute Gasteiger partial charge is 0.00796 e. The van der Waals surface area contributed by atoms with Gasteiger partial charge in [0.15, 0.2) is 0 Å². The van der Waals surface area contributed by atoms with Gasteiger partial charge in [-0.15, -0.1) is 0 Å². The van der Waals surface area contributed by atoms with Gasteiger partial charge in [-0.25, -0.2) is 0 Å². The fraction of sp³-hybridized carbons (Fsp3) is 0.625. The van der Waals surface area contributed by atoms with Crippen LogP contribution in [0.4, 0.5) is 0 Å². The molecule has 1 saturated heterocycles. The molecule has 1 aliphatic rings. The summed E-state index contributed by atoms with van der Waals surface area (Å²) in [5.41, 5.74) is 4.27. The molecule has 1 aromatic rings. The van der Waals surface area contributed by atoms with Crippen LogP contribution in [0.1, 0.15) is 36.0 Å². The zero-order valence-electron chi connectivity index (χ0n) is 11.8. The van der Waals surface area contributed by atoms with Crippen LogP contribution < -0.4 is 10.6 Å². The van der Waals surface area contributed by atoms with Crippen molar-refractivity contribution in [3.63, 3.8) is 0 Å². The largest absolute Gasteiger partial charge is 0.316 e. The van der Waals surface area contributed by atoms with E-state index in [1.807, 2.05) is 0 Å². The number of nitrogens with one attached hydrogen (secondary N) is 2. The van der Waals surface area contributed by atoms with E-state index in [1.165, 1.54) is 42.5 Å². The van der Waals surface area contributed by atoms with Gasteiger partial charge >= 0.3 is 0 Å². The predicted octanol–water partition coefficient (Wildman–Crippen LogP) is 2.58. The van der Waals surface area contributed by atoms with Gasteiger partial charge in [-0.1, -0.05) is 23.8 Å². The Morgan fingerprint density at radius 1 is 1.28 bits per heavy atom. The Labute approximate surface area is 111 Å². The molecule has 2 N–H and O–H groups in total. The Hall–Kier alpha value is -0.860. The van der Waals surface area contributed by atoms with E-state index in [9.17, 15) is 0 Å². The van der Waals surface area contributed by atoms with Gasteiger partial charge in [-0.05, 0) is 70.3 Å². The van der Waals surface area contributed by atoms with E-state index < -0.39 is 0 Å². The van der Waals surface area contributed by atoms with Crippen LogP contribution in [-0.4, -0.2) is 25.7 Å². The third-order valence-corrected chi connectivity index (χ3v) is 3.91. The van der Waals surface area contributed by atoms with Gasteiger partial charge in [0.05, 0.1) is 0 Å². The summed E-state index contributed by atoms with van der Waals surface area (Å²) in [7, 11) is 0. The predicted molar refractivity (Wildman–Crippen MR) is 78.1 cm³/mol. The summed E-state index contributed by atoms with van der Waals surface area (Å²) < 4.78 is 0. The third kappa shape index (κ3) is 4.11. The highest BCUT2D eigenvalue weighted by molar-refractivity contribution is 5.30. The Balaban J connectivity index is 1.64. The van der Waals surface area contributed by atoms with E-state index in [1.54, 1.807) is 0 Å². The standard InChI is InChI=1S/C16H26N2/c1-13-5-6-14(2)15(12-13)7-10-17-11-8-16-4-3-9-18-16/h5-6,12,16-18H,3-4,7-11H2,1-2H3. The highest BCUT2D eigenvalue weighted by Crippen LogP contribution is 2.11. The molecule has 1 fully saturated rings. The fourth-order valence-corrected chi connectivity index (χ4v) is 2.70. The van der Waals surface area contributed by atoms with Crippen LogP contribution in [0, 0.1) is 13.8 Å². The maximum absolute atomic E-state index is 3.57. The van der Waals surface area contributed by atoms with Crippen molar-refractivity contribution in [1.82, 2.24) is 10.6 Å². The molecule has 1 aromatic carbocycles. The first kappa shape index (κ1) is 13.6. The number of hydrogen-bond donors (Lipinski definition) is 2. The minimum absolute atomic E-state index is 0.762. The molecule has 2 nitrogen and oxygen atoms in total. The fourth-order valence-electron chi connectivity index (χ4n) is 2.70. The van der Waals surface area contributed by atoms with Crippen molar-refractivity contribution >= 4 is 0 Å². The van der Waals surface area contributed by atoms with Crippen molar-refractivity contribution in [2.24, 2.45) is 0 Å². The number of rotatable bonds is 6. The van der Waals surface area contributed by atoms with E-state index in [0.717, 1.165) is 25.6 Å². The molecular formula is C16H26N2. The molecule has 1 heterocycles. The van der Waals surface area contributed by atoms with Crippen molar-refractivity contribution in [3.05, 3.63) is 34.9 Å². The molecule has 0 bridgehead atoms. The number of hydrogen-bond acceptors (Lipinski definition) is 2. The summed E-state index contributed by atoms with van der Waals surface area (Å²) in [6.07, 6.45) is 5.13. The van der Waals surface area contributed by atoms with Crippen LogP contribution >= 0.6 is 0 Å². The Kier molecular flexibility index (Phi) is 5.21. The molecular weight excluding hydrogens is 220 g/mol. The summed E-state index contributed by atoms with van der Waals surface area (Å²) in [5, 5.41) is 7.11. The lowest BCUT2D eigenvalue weighted by atomic mass is 10.0. The first-order valence-corrected chi connectivity index (χ1v) is 7.26. The number of aryl methyl sites for hydroxylation is 2. The van der Waals surface area contributed by atoms with E-state index >= 15 is 0 Å². The van der Waals surface area contributed by atoms with Gasteiger partial charge in [-0.2, -0.15) is 0 Å². The quantitative estimate of drug-likeness (QED) is 0.754. The Morgan fingerprint density at radius 2 is 2.17 bits per heavy atom. The van der Waals surface area contributed by atoms with Gasteiger partial charge in [-0.3, -0.25) is 0 Å². The lowest BCUT2D eigenvalue weighted by molar-refractivity contribution is 0.525. The van der Waals surface area contributed by atoms with Crippen molar-refractivity contribution in [1.29, 1.82) is 0 Å². The molecule has 0 aromatic heterocycles. The van der Waals surface area contributed by atoms with Crippen LogP contribution in [-0.2, 0) is 6.42 Å². The molecule has 18 heavy (non-hydrogen) atoms. The third-order valence-electron chi connectivity index (χ3n) is 3.91. The average Bonchev–Trinajstić information content (AvgIpc) is 2.86. The second-order valence-electron chi connectivity index (χ2n) is 5.51. The minimum atomic E-state index is 0.762. The maximum Gasteiger partial charge on any atom is 0.00796 e. The Bertz CT molecular complexity index is 367. The van der Waals surface area contributed by atoms with E-state index in [0.29, 0.717) is 0 Å². The molecule has 2 heteroatoms. The Morgan fingerprint density at radius 3 is 2.94 bits per heavy atom. The summed E-state index contributed by atoms with van der Waals surface area (Å²) in [5.74, 6) is 0. The zero-order valence-corrected chi connectivity index (χ0v) is 11.8. The highest BCUT2D eigenvalue weighted by Gasteiger charge is 2.12. The molecule has 0 aliphatic carbocycles. The number of benzene rings is 1. The maximum atomic E-state index is 3.57. The molecule has 1 unspecified atom stereocenters. The lowest BCUT2D eigenvalue weighted by Gasteiger charge is -2.11. The van der Waals surface area contributed by atoms with E-state index in [-0.39, 0.29) is 0 Å². The normalized spacial score (nSPS) is 19.3. The second kappa shape index (κ2) is 6.91. The van der Waals surface area contributed by atoms with Crippen LogP contribution in [0.5, 0.6) is 0 Å². The summed E-state index contributed by atoms with van der Waals surface area (Å²) in [6, 6.07) is 7.50. The first-order chi connectivity index (χ1) is 8.75. The van der Waals surface area contributed by atoms with Crippen LogP contribution in [0.15, 0.2) is 18.2 Å². The summed E-state index contributed by atoms with van der Waals surface area (Å²) >= 11 is 0. The van der Waals surface area contributed by atoms with E-state index in [4.69, 9.17) is 0 Å². The molecule has 0 saturated carbocycles. The van der Waals surface area contributed by atoms with Gasteiger partial charge in [0.25, 0.3) is 0 Å².